The van der Waals surface area contributed by atoms with Gasteiger partial charge in [-0.3, -0.25) is 0 Å². The van der Waals surface area contributed by atoms with Crippen LogP contribution in [0.1, 0.15) is 0 Å². The first-order valence-corrected chi connectivity index (χ1v) is 6.80. The molecule has 0 aliphatic carbocycles. The summed E-state index contributed by atoms with van der Waals surface area (Å²) in [6.07, 6.45) is 1.82. The van der Waals surface area contributed by atoms with Gasteiger partial charge in [0.1, 0.15) is 11.6 Å². The largest absolute Gasteiger partial charge is 0.497 e. The van der Waals surface area contributed by atoms with Crippen molar-refractivity contribution in [3.05, 3.63) is 36.5 Å². The molecule has 1 aliphatic rings. The van der Waals surface area contributed by atoms with Crippen LogP contribution in [0.3, 0.4) is 0 Å². The number of piperazine rings is 1. The fraction of sp³-hybridized carbons (Fsp3) is 0.333. The lowest BCUT2D eigenvalue weighted by atomic mass is 10.2. The summed E-state index contributed by atoms with van der Waals surface area (Å²) in [6, 6.07) is 9.79. The van der Waals surface area contributed by atoms with Crippen LogP contribution in [0.2, 0.25) is 0 Å². The van der Waals surface area contributed by atoms with Crippen LogP contribution in [0.25, 0.3) is 11.4 Å². The van der Waals surface area contributed by atoms with Gasteiger partial charge >= 0.3 is 0 Å². The minimum atomic E-state index is 0.753. The molecule has 0 unspecified atom stereocenters. The molecule has 1 aromatic heterocycles. The molecule has 2 aromatic rings. The summed E-state index contributed by atoms with van der Waals surface area (Å²) in [6.45, 7) is 3.97. The van der Waals surface area contributed by atoms with Crippen molar-refractivity contribution in [3.8, 4) is 17.1 Å². The van der Waals surface area contributed by atoms with E-state index >= 15 is 0 Å². The first-order valence-electron chi connectivity index (χ1n) is 6.80. The van der Waals surface area contributed by atoms with E-state index in [2.05, 4.69) is 20.2 Å². The number of rotatable bonds is 3. The van der Waals surface area contributed by atoms with Crippen molar-refractivity contribution < 1.29 is 4.74 Å². The molecule has 3 rings (SSSR count). The zero-order valence-electron chi connectivity index (χ0n) is 11.5. The predicted octanol–water partition coefficient (Wildman–Crippen LogP) is 1.56. The van der Waals surface area contributed by atoms with Crippen LogP contribution in [0, 0.1) is 0 Å². The van der Waals surface area contributed by atoms with Gasteiger partial charge in [-0.25, -0.2) is 9.97 Å². The Kier molecular flexibility index (Phi) is 3.78. The lowest BCUT2D eigenvalue weighted by Gasteiger charge is -2.28. The van der Waals surface area contributed by atoms with Crippen molar-refractivity contribution in [1.29, 1.82) is 0 Å². The molecule has 20 heavy (non-hydrogen) atoms. The van der Waals surface area contributed by atoms with Crippen molar-refractivity contribution in [2.45, 2.75) is 0 Å². The van der Waals surface area contributed by atoms with Gasteiger partial charge in [0.15, 0.2) is 5.82 Å². The number of methoxy groups -OCH3 is 1. The lowest BCUT2D eigenvalue weighted by molar-refractivity contribution is 0.415. The van der Waals surface area contributed by atoms with Gasteiger partial charge in [0, 0.05) is 37.9 Å². The van der Waals surface area contributed by atoms with Gasteiger partial charge in [-0.1, -0.05) is 0 Å². The molecule has 1 aromatic carbocycles. The second kappa shape index (κ2) is 5.88. The Morgan fingerprint density at radius 1 is 1.10 bits per heavy atom. The Morgan fingerprint density at radius 2 is 1.85 bits per heavy atom. The fourth-order valence-electron chi connectivity index (χ4n) is 2.30. The summed E-state index contributed by atoms with van der Waals surface area (Å²) >= 11 is 0. The molecule has 5 nitrogen and oxygen atoms in total. The molecule has 5 heteroatoms. The van der Waals surface area contributed by atoms with Crippen LogP contribution >= 0.6 is 0 Å². The number of benzene rings is 1. The summed E-state index contributed by atoms with van der Waals surface area (Å²) in [5.74, 6) is 2.59. The molecule has 1 N–H and O–H groups in total. The third-order valence-electron chi connectivity index (χ3n) is 3.43. The molecule has 104 valence electrons. The molecular formula is C15H18N4O. The van der Waals surface area contributed by atoms with Gasteiger partial charge in [-0.05, 0) is 30.3 Å². The maximum atomic E-state index is 5.17. The van der Waals surface area contributed by atoms with E-state index in [0.717, 1.165) is 49.1 Å². The number of nitrogens with zero attached hydrogens (tertiary/aromatic N) is 3. The topological polar surface area (TPSA) is 50.3 Å². The van der Waals surface area contributed by atoms with Crippen LogP contribution in [-0.2, 0) is 0 Å². The SMILES string of the molecule is COc1ccc(-c2nccc(N3CCNCC3)n2)cc1. The maximum Gasteiger partial charge on any atom is 0.161 e. The van der Waals surface area contributed by atoms with Crippen molar-refractivity contribution in [2.24, 2.45) is 0 Å². The van der Waals surface area contributed by atoms with Gasteiger partial charge in [0.05, 0.1) is 7.11 Å². The van der Waals surface area contributed by atoms with E-state index in [-0.39, 0.29) is 0 Å². The second-order valence-corrected chi connectivity index (χ2v) is 4.70. The van der Waals surface area contributed by atoms with Gasteiger partial charge in [-0.2, -0.15) is 0 Å². The lowest BCUT2D eigenvalue weighted by Crippen LogP contribution is -2.43. The molecule has 0 saturated carbocycles. The summed E-state index contributed by atoms with van der Waals surface area (Å²) in [7, 11) is 1.66. The standard InChI is InChI=1S/C15H18N4O/c1-20-13-4-2-12(3-5-13)15-17-7-6-14(18-15)19-10-8-16-9-11-19/h2-7,16H,8-11H2,1H3. The number of hydrogen-bond donors (Lipinski definition) is 1. The van der Waals surface area contributed by atoms with Crippen LogP contribution in [0.4, 0.5) is 5.82 Å². The maximum absolute atomic E-state index is 5.17. The zero-order chi connectivity index (χ0) is 13.8. The van der Waals surface area contributed by atoms with Crippen LogP contribution < -0.4 is 15.0 Å². The highest BCUT2D eigenvalue weighted by atomic mass is 16.5. The quantitative estimate of drug-likeness (QED) is 0.917. The molecule has 1 saturated heterocycles. The number of hydrogen-bond acceptors (Lipinski definition) is 5. The normalized spacial score (nSPS) is 15.2. The van der Waals surface area contributed by atoms with Gasteiger partial charge in [0.2, 0.25) is 0 Å². The second-order valence-electron chi connectivity index (χ2n) is 4.70. The predicted molar refractivity (Wildman–Crippen MR) is 79.1 cm³/mol. The van der Waals surface area contributed by atoms with Gasteiger partial charge < -0.3 is 15.0 Å². The highest BCUT2D eigenvalue weighted by Crippen LogP contribution is 2.21. The molecule has 0 radical (unpaired) electrons. The minimum absolute atomic E-state index is 0.753. The van der Waals surface area contributed by atoms with E-state index in [9.17, 15) is 0 Å². The van der Waals surface area contributed by atoms with E-state index in [1.807, 2.05) is 36.5 Å². The summed E-state index contributed by atoms with van der Waals surface area (Å²) in [4.78, 5) is 11.3. The molecular weight excluding hydrogens is 252 g/mol. The van der Waals surface area contributed by atoms with E-state index in [0.29, 0.717) is 0 Å². The number of anilines is 1. The first-order chi connectivity index (χ1) is 9.86. The monoisotopic (exact) mass is 270 g/mol. The Hall–Kier alpha value is -2.14. The van der Waals surface area contributed by atoms with Crippen LogP contribution in [-0.4, -0.2) is 43.3 Å². The smallest absolute Gasteiger partial charge is 0.161 e. The highest BCUT2D eigenvalue weighted by Gasteiger charge is 2.12. The van der Waals surface area contributed by atoms with Crippen molar-refractivity contribution in [3.63, 3.8) is 0 Å². The molecule has 0 bridgehead atoms. The minimum Gasteiger partial charge on any atom is -0.497 e. The number of ether oxygens (including phenoxy) is 1. The molecule has 0 amide bonds. The molecule has 1 fully saturated rings. The van der Waals surface area contributed by atoms with Crippen molar-refractivity contribution in [1.82, 2.24) is 15.3 Å². The third kappa shape index (κ3) is 2.72. The van der Waals surface area contributed by atoms with Crippen molar-refractivity contribution in [2.75, 3.05) is 38.2 Å². The molecule has 0 spiro atoms. The molecule has 0 atom stereocenters. The van der Waals surface area contributed by atoms with Gasteiger partial charge in [-0.15, -0.1) is 0 Å². The van der Waals surface area contributed by atoms with Crippen LogP contribution in [0.15, 0.2) is 36.5 Å². The molecule has 1 aliphatic heterocycles. The van der Waals surface area contributed by atoms with E-state index in [4.69, 9.17) is 4.74 Å². The van der Waals surface area contributed by atoms with E-state index < -0.39 is 0 Å². The zero-order valence-corrected chi connectivity index (χ0v) is 11.5. The Balaban J connectivity index is 1.85. The molecule has 2 heterocycles. The third-order valence-corrected chi connectivity index (χ3v) is 3.43. The van der Waals surface area contributed by atoms with Crippen LogP contribution in [0.5, 0.6) is 5.75 Å². The Morgan fingerprint density at radius 3 is 2.55 bits per heavy atom. The number of nitrogens with one attached hydrogen (secondary N) is 1. The van der Waals surface area contributed by atoms with Crippen molar-refractivity contribution >= 4 is 5.82 Å². The van der Waals surface area contributed by atoms with E-state index in [1.165, 1.54) is 0 Å². The van der Waals surface area contributed by atoms with Gasteiger partial charge in [0.25, 0.3) is 0 Å². The fourth-order valence-corrected chi connectivity index (χ4v) is 2.30. The average molecular weight is 270 g/mol. The number of aromatic nitrogens is 2. The van der Waals surface area contributed by atoms with E-state index in [1.54, 1.807) is 7.11 Å². The summed E-state index contributed by atoms with van der Waals surface area (Å²) < 4.78 is 5.17. The Bertz CT molecular complexity index is 564. The average Bonchev–Trinajstić information content (AvgIpc) is 2.56. The summed E-state index contributed by atoms with van der Waals surface area (Å²) in [5.41, 5.74) is 1.00. The summed E-state index contributed by atoms with van der Waals surface area (Å²) in [5, 5.41) is 3.34. The Labute approximate surface area is 118 Å². The highest BCUT2D eigenvalue weighted by molar-refractivity contribution is 5.58. The first kappa shape index (κ1) is 12.9.